The molecular formula is C11H15NO3. The monoisotopic (exact) mass is 209 g/mol. The lowest BCUT2D eigenvalue weighted by Gasteiger charge is -2.08. The first-order valence-electron chi connectivity index (χ1n) is 4.64. The number of benzene rings is 1. The van der Waals surface area contributed by atoms with Crippen LogP contribution in [0.4, 0.5) is 0 Å². The maximum Gasteiger partial charge on any atom is 0.309 e. The van der Waals surface area contributed by atoms with Crippen molar-refractivity contribution in [2.45, 2.75) is 13.0 Å². The van der Waals surface area contributed by atoms with Crippen LogP contribution in [0.15, 0.2) is 18.2 Å². The number of esters is 1. The number of carbonyl (C=O) groups is 1. The predicted octanol–water partition coefficient (Wildman–Crippen LogP) is 0.869. The Morgan fingerprint density at radius 1 is 1.40 bits per heavy atom. The van der Waals surface area contributed by atoms with Crippen LogP contribution in [-0.2, 0) is 22.5 Å². The van der Waals surface area contributed by atoms with E-state index in [-0.39, 0.29) is 12.4 Å². The zero-order valence-electron chi connectivity index (χ0n) is 8.95. The van der Waals surface area contributed by atoms with Gasteiger partial charge < -0.3 is 15.2 Å². The maximum absolute atomic E-state index is 11.1. The van der Waals surface area contributed by atoms with Gasteiger partial charge in [-0.1, -0.05) is 12.1 Å². The predicted molar refractivity (Wildman–Crippen MR) is 56.6 cm³/mol. The molecule has 1 aromatic rings. The van der Waals surface area contributed by atoms with Gasteiger partial charge in [0.25, 0.3) is 0 Å². The molecule has 0 atom stereocenters. The highest BCUT2D eigenvalue weighted by Crippen LogP contribution is 2.19. The van der Waals surface area contributed by atoms with Gasteiger partial charge in [-0.2, -0.15) is 0 Å². The summed E-state index contributed by atoms with van der Waals surface area (Å²) in [5.74, 6) is 0.481. The van der Waals surface area contributed by atoms with Crippen LogP contribution in [0.25, 0.3) is 0 Å². The molecule has 0 unspecified atom stereocenters. The van der Waals surface area contributed by atoms with E-state index in [9.17, 15) is 4.79 Å². The summed E-state index contributed by atoms with van der Waals surface area (Å²) >= 11 is 0. The quantitative estimate of drug-likeness (QED) is 0.747. The molecule has 0 spiro atoms. The Kier molecular flexibility index (Phi) is 4.12. The minimum Gasteiger partial charge on any atom is -0.496 e. The van der Waals surface area contributed by atoms with Crippen LogP contribution in [-0.4, -0.2) is 20.2 Å². The summed E-state index contributed by atoms with van der Waals surface area (Å²) in [6, 6.07) is 5.49. The fraction of sp³-hybridized carbons (Fsp3) is 0.364. The molecule has 82 valence electrons. The number of hydrogen-bond donors (Lipinski definition) is 1. The van der Waals surface area contributed by atoms with Crippen molar-refractivity contribution >= 4 is 5.97 Å². The molecule has 0 amide bonds. The molecule has 15 heavy (non-hydrogen) atoms. The fourth-order valence-electron chi connectivity index (χ4n) is 1.34. The van der Waals surface area contributed by atoms with Gasteiger partial charge in [0.15, 0.2) is 0 Å². The van der Waals surface area contributed by atoms with Crippen LogP contribution in [0.3, 0.4) is 0 Å². The highest BCUT2D eigenvalue weighted by Gasteiger charge is 2.06. The first-order chi connectivity index (χ1) is 7.21. The molecule has 0 saturated carbocycles. The Morgan fingerprint density at radius 2 is 2.13 bits per heavy atom. The second-order valence-corrected chi connectivity index (χ2v) is 3.10. The van der Waals surface area contributed by atoms with Crippen molar-refractivity contribution in [1.82, 2.24) is 0 Å². The van der Waals surface area contributed by atoms with Crippen LogP contribution >= 0.6 is 0 Å². The van der Waals surface area contributed by atoms with E-state index in [2.05, 4.69) is 4.74 Å². The van der Waals surface area contributed by atoms with Crippen molar-refractivity contribution in [2.24, 2.45) is 5.73 Å². The molecule has 0 aliphatic carbocycles. The summed E-state index contributed by atoms with van der Waals surface area (Å²) in [4.78, 5) is 11.1. The summed E-state index contributed by atoms with van der Waals surface area (Å²) in [6.07, 6.45) is 0.257. The Labute approximate surface area is 89.0 Å². The molecule has 0 aliphatic rings. The number of rotatable bonds is 4. The Hall–Kier alpha value is -1.55. The maximum atomic E-state index is 11.1. The Balaban J connectivity index is 2.88. The first kappa shape index (κ1) is 11.5. The van der Waals surface area contributed by atoms with Gasteiger partial charge >= 0.3 is 5.97 Å². The first-order valence-corrected chi connectivity index (χ1v) is 4.64. The van der Waals surface area contributed by atoms with Crippen molar-refractivity contribution in [2.75, 3.05) is 14.2 Å². The molecule has 0 aliphatic heterocycles. The second-order valence-electron chi connectivity index (χ2n) is 3.10. The topological polar surface area (TPSA) is 61.5 Å². The molecule has 4 nitrogen and oxygen atoms in total. The number of hydrogen-bond acceptors (Lipinski definition) is 4. The third kappa shape index (κ3) is 2.95. The molecule has 0 radical (unpaired) electrons. The van der Waals surface area contributed by atoms with Crippen molar-refractivity contribution in [3.63, 3.8) is 0 Å². The molecule has 0 heterocycles. The van der Waals surface area contributed by atoms with E-state index in [0.29, 0.717) is 6.54 Å². The van der Waals surface area contributed by atoms with Gasteiger partial charge in [0.1, 0.15) is 5.75 Å². The molecule has 1 rings (SSSR count). The van der Waals surface area contributed by atoms with Gasteiger partial charge in [0.05, 0.1) is 20.6 Å². The molecular weight excluding hydrogens is 194 g/mol. The van der Waals surface area contributed by atoms with Gasteiger partial charge in [-0.15, -0.1) is 0 Å². The Morgan fingerprint density at radius 3 is 2.67 bits per heavy atom. The van der Waals surface area contributed by atoms with Gasteiger partial charge in [-0.3, -0.25) is 4.79 Å². The molecule has 0 saturated heterocycles. The average Bonchev–Trinajstić information content (AvgIpc) is 2.28. The van der Waals surface area contributed by atoms with E-state index in [4.69, 9.17) is 10.5 Å². The summed E-state index contributed by atoms with van der Waals surface area (Å²) < 4.78 is 9.71. The van der Waals surface area contributed by atoms with Gasteiger partial charge in [0.2, 0.25) is 0 Å². The highest BCUT2D eigenvalue weighted by atomic mass is 16.5. The van der Waals surface area contributed by atoms with Gasteiger partial charge in [-0.25, -0.2) is 0 Å². The minimum absolute atomic E-state index is 0.257. The molecule has 0 bridgehead atoms. The highest BCUT2D eigenvalue weighted by molar-refractivity contribution is 5.72. The SMILES string of the molecule is COC(=O)Cc1ccc(OC)c(CN)c1. The third-order valence-electron chi connectivity index (χ3n) is 2.14. The number of methoxy groups -OCH3 is 2. The number of ether oxygens (including phenoxy) is 2. The zero-order chi connectivity index (χ0) is 11.3. The smallest absolute Gasteiger partial charge is 0.309 e. The van der Waals surface area contributed by atoms with E-state index in [1.165, 1.54) is 7.11 Å². The lowest BCUT2D eigenvalue weighted by atomic mass is 10.1. The van der Waals surface area contributed by atoms with E-state index in [0.717, 1.165) is 16.9 Å². The Bertz CT molecular complexity index is 350. The molecule has 1 aromatic carbocycles. The standard InChI is InChI=1S/C11H15NO3/c1-14-10-4-3-8(5-9(10)7-12)6-11(13)15-2/h3-5H,6-7,12H2,1-2H3. The fourth-order valence-corrected chi connectivity index (χ4v) is 1.34. The number of carbonyl (C=O) groups excluding carboxylic acids is 1. The summed E-state index contributed by atoms with van der Waals surface area (Å²) in [5, 5.41) is 0. The van der Waals surface area contributed by atoms with Crippen molar-refractivity contribution in [3.8, 4) is 5.75 Å². The molecule has 0 fully saturated rings. The van der Waals surface area contributed by atoms with Crippen LogP contribution in [0.5, 0.6) is 5.75 Å². The lowest BCUT2D eigenvalue weighted by molar-refractivity contribution is -0.139. The summed E-state index contributed by atoms with van der Waals surface area (Å²) in [6.45, 7) is 0.387. The van der Waals surface area contributed by atoms with E-state index in [1.54, 1.807) is 13.2 Å². The van der Waals surface area contributed by atoms with E-state index >= 15 is 0 Å². The molecule has 4 heteroatoms. The lowest BCUT2D eigenvalue weighted by Crippen LogP contribution is -2.06. The van der Waals surface area contributed by atoms with E-state index in [1.807, 2.05) is 12.1 Å². The van der Waals surface area contributed by atoms with Crippen LogP contribution in [0, 0.1) is 0 Å². The molecule has 0 aromatic heterocycles. The van der Waals surface area contributed by atoms with Crippen molar-refractivity contribution in [1.29, 1.82) is 0 Å². The molecule has 2 N–H and O–H groups in total. The second kappa shape index (κ2) is 5.36. The summed E-state index contributed by atoms with van der Waals surface area (Å²) in [7, 11) is 2.96. The number of nitrogens with two attached hydrogens (primary N) is 1. The van der Waals surface area contributed by atoms with Gasteiger partial charge in [0, 0.05) is 12.1 Å². The van der Waals surface area contributed by atoms with Crippen molar-refractivity contribution < 1.29 is 14.3 Å². The van der Waals surface area contributed by atoms with E-state index < -0.39 is 0 Å². The third-order valence-corrected chi connectivity index (χ3v) is 2.14. The summed E-state index contributed by atoms with van der Waals surface area (Å²) in [5.41, 5.74) is 7.33. The zero-order valence-corrected chi connectivity index (χ0v) is 8.95. The minimum atomic E-state index is -0.261. The van der Waals surface area contributed by atoms with Gasteiger partial charge in [-0.05, 0) is 11.6 Å². The van der Waals surface area contributed by atoms with Crippen LogP contribution < -0.4 is 10.5 Å². The normalized spacial score (nSPS) is 9.80. The average molecular weight is 209 g/mol. The van der Waals surface area contributed by atoms with Crippen LogP contribution in [0.2, 0.25) is 0 Å². The van der Waals surface area contributed by atoms with Crippen LogP contribution in [0.1, 0.15) is 11.1 Å². The van der Waals surface area contributed by atoms with Crippen molar-refractivity contribution in [3.05, 3.63) is 29.3 Å². The largest absolute Gasteiger partial charge is 0.496 e.